The van der Waals surface area contributed by atoms with E-state index in [4.69, 9.17) is 0 Å². The van der Waals surface area contributed by atoms with Crippen LogP contribution >= 0.6 is 15.9 Å². The summed E-state index contributed by atoms with van der Waals surface area (Å²) in [5.41, 5.74) is 0.985. The molecule has 1 fully saturated rings. The van der Waals surface area contributed by atoms with E-state index in [1.54, 1.807) is 6.20 Å². The average molecular weight is 315 g/mol. The van der Waals surface area contributed by atoms with Crippen LogP contribution in [0.1, 0.15) is 18.2 Å². The Morgan fingerprint density at radius 1 is 1.41 bits per heavy atom. The summed E-state index contributed by atoms with van der Waals surface area (Å²) in [6, 6.07) is 5.84. The highest BCUT2D eigenvalue weighted by atomic mass is 79.9. The molecule has 1 atom stereocenters. The lowest BCUT2D eigenvalue weighted by atomic mass is 10.1. The third kappa shape index (κ3) is 1.89. The zero-order valence-electron chi connectivity index (χ0n) is 9.01. The largest absolute Gasteiger partial charge is 0.290 e. The zero-order chi connectivity index (χ0) is 12.0. The maximum atomic E-state index is 11.5. The van der Waals surface area contributed by atoms with Crippen molar-refractivity contribution in [2.24, 2.45) is 0 Å². The number of fused-ring (bicyclic) bond motifs is 1. The van der Waals surface area contributed by atoms with Crippen LogP contribution < -0.4 is 0 Å². The van der Waals surface area contributed by atoms with Gasteiger partial charge in [-0.25, -0.2) is 13.4 Å². The number of imidazole rings is 1. The van der Waals surface area contributed by atoms with Crippen LogP contribution in [0.15, 0.2) is 29.0 Å². The van der Waals surface area contributed by atoms with Crippen molar-refractivity contribution in [2.45, 2.75) is 12.3 Å². The first kappa shape index (κ1) is 11.2. The lowest BCUT2D eigenvalue weighted by molar-refractivity contribution is 0.601. The van der Waals surface area contributed by atoms with Crippen LogP contribution in [0.5, 0.6) is 0 Å². The van der Waals surface area contributed by atoms with Gasteiger partial charge in [-0.2, -0.15) is 0 Å². The van der Waals surface area contributed by atoms with Crippen LogP contribution in [0.2, 0.25) is 0 Å². The summed E-state index contributed by atoms with van der Waals surface area (Å²) < 4.78 is 25.9. The molecule has 2 aromatic heterocycles. The molecule has 0 spiro atoms. The van der Waals surface area contributed by atoms with Crippen molar-refractivity contribution >= 4 is 31.3 Å². The molecule has 0 aliphatic carbocycles. The lowest BCUT2D eigenvalue weighted by Gasteiger charge is -2.08. The Morgan fingerprint density at radius 2 is 2.24 bits per heavy atom. The molecular weight excluding hydrogens is 304 g/mol. The molecule has 2 aromatic rings. The highest BCUT2D eigenvalue weighted by Crippen LogP contribution is 2.30. The Kier molecular flexibility index (Phi) is 2.52. The van der Waals surface area contributed by atoms with Crippen LogP contribution in [-0.4, -0.2) is 29.3 Å². The first-order chi connectivity index (χ1) is 8.07. The predicted molar refractivity (Wildman–Crippen MR) is 68.9 cm³/mol. The van der Waals surface area contributed by atoms with Crippen LogP contribution in [0.3, 0.4) is 0 Å². The van der Waals surface area contributed by atoms with Gasteiger partial charge >= 0.3 is 0 Å². The van der Waals surface area contributed by atoms with E-state index in [0.29, 0.717) is 6.42 Å². The topological polar surface area (TPSA) is 51.4 Å². The average Bonchev–Trinajstić information content (AvgIpc) is 2.82. The monoisotopic (exact) mass is 314 g/mol. The van der Waals surface area contributed by atoms with Gasteiger partial charge in [0.05, 0.1) is 27.8 Å². The van der Waals surface area contributed by atoms with Crippen LogP contribution in [0.4, 0.5) is 0 Å². The molecule has 0 N–H and O–H groups in total. The third-order valence-electron chi connectivity index (χ3n) is 3.13. The summed E-state index contributed by atoms with van der Waals surface area (Å²) in [5, 5.41) is 0. The number of aromatic nitrogens is 2. The minimum atomic E-state index is -2.87. The van der Waals surface area contributed by atoms with E-state index in [2.05, 4.69) is 20.9 Å². The van der Waals surface area contributed by atoms with Gasteiger partial charge in [-0.1, -0.05) is 6.07 Å². The van der Waals surface area contributed by atoms with Crippen molar-refractivity contribution in [3.63, 3.8) is 0 Å². The minimum absolute atomic E-state index is 0.0150. The van der Waals surface area contributed by atoms with Crippen molar-refractivity contribution in [1.29, 1.82) is 0 Å². The number of pyridine rings is 1. The van der Waals surface area contributed by atoms with Gasteiger partial charge in [-0.15, -0.1) is 0 Å². The van der Waals surface area contributed by atoms with Gasteiger partial charge in [0.15, 0.2) is 9.84 Å². The quantitative estimate of drug-likeness (QED) is 0.756. The second-order valence-corrected chi connectivity index (χ2v) is 7.37. The lowest BCUT2D eigenvalue weighted by Crippen LogP contribution is -2.07. The summed E-state index contributed by atoms with van der Waals surface area (Å²) in [4.78, 5) is 4.37. The summed E-state index contributed by atoms with van der Waals surface area (Å²) in [5.74, 6) is 1.35. The molecule has 1 saturated heterocycles. The van der Waals surface area contributed by atoms with Crippen molar-refractivity contribution < 1.29 is 8.42 Å². The van der Waals surface area contributed by atoms with Crippen LogP contribution in [0.25, 0.3) is 5.52 Å². The first-order valence-electron chi connectivity index (χ1n) is 5.39. The molecule has 1 unspecified atom stereocenters. The maximum Gasteiger partial charge on any atom is 0.151 e. The molecule has 0 bridgehead atoms. The Hall–Kier alpha value is -0.880. The fourth-order valence-corrected chi connectivity index (χ4v) is 4.60. The fourth-order valence-electron chi connectivity index (χ4n) is 2.32. The third-order valence-corrected chi connectivity index (χ3v) is 5.52. The number of rotatable bonds is 1. The molecule has 90 valence electrons. The number of sulfone groups is 1. The van der Waals surface area contributed by atoms with Gasteiger partial charge < -0.3 is 0 Å². The molecule has 0 amide bonds. The van der Waals surface area contributed by atoms with Crippen molar-refractivity contribution in [3.8, 4) is 0 Å². The number of nitrogens with zero attached hydrogens (tertiary/aromatic N) is 2. The Bertz CT molecular complexity index is 678. The molecule has 0 aromatic carbocycles. The van der Waals surface area contributed by atoms with Gasteiger partial charge in [0.1, 0.15) is 5.82 Å². The van der Waals surface area contributed by atoms with Crippen molar-refractivity contribution in [3.05, 3.63) is 34.8 Å². The van der Waals surface area contributed by atoms with Gasteiger partial charge in [0.25, 0.3) is 0 Å². The van der Waals surface area contributed by atoms with Gasteiger partial charge in [0.2, 0.25) is 0 Å². The van der Waals surface area contributed by atoms with E-state index in [-0.39, 0.29) is 17.4 Å². The van der Waals surface area contributed by atoms with E-state index >= 15 is 0 Å². The zero-order valence-corrected chi connectivity index (χ0v) is 11.4. The molecule has 1 aliphatic heterocycles. The van der Waals surface area contributed by atoms with Gasteiger partial charge in [-0.05, 0) is 34.5 Å². The SMILES string of the molecule is O=S1(=O)CCC(c2ncc3cccc(Br)n23)C1. The highest BCUT2D eigenvalue weighted by Gasteiger charge is 2.31. The molecule has 3 heterocycles. The molecular formula is C11H11BrN2O2S. The molecule has 6 heteroatoms. The number of hydrogen-bond donors (Lipinski definition) is 0. The maximum absolute atomic E-state index is 11.5. The second kappa shape index (κ2) is 3.81. The van der Waals surface area contributed by atoms with E-state index in [1.165, 1.54) is 0 Å². The normalized spacial score (nSPS) is 23.2. The fraction of sp³-hybridized carbons (Fsp3) is 0.364. The van der Waals surface area contributed by atoms with E-state index < -0.39 is 9.84 Å². The van der Waals surface area contributed by atoms with Crippen molar-refractivity contribution in [2.75, 3.05) is 11.5 Å². The van der Waals surface area contributed by atoms with Crippen LogP contribution in [-0.2, 0) is 9.84 Å². The van der Waals surface area contributed by atoms with Gasteiger partial charge in [-0.3, -0.25) is 4.40 Å². The van der Waals surface area contributed by atoms with Gasteiger partial charge in [0, 0.05) is 5.92 Å². The van der Waals surface area contributed by atoms with E-state index in [9.17, 15) is 8.42 Å². The molecule has 3 rings (SSSR count). The Balaban J connectivity index is 2.13. The highest BCUT2D eigenvalue weighted by molar-refractivity contribution is 9.10. The smallest absolute Gasteiger partial charge is 0.151 e. The second-order valence-electron chi connectivity index (χ2n) is 4.33. The van der Waals surface area contributed by atoms with Crippen molar-refractivity contribution in [1.82, 2.24) is 9.38 Å². The van der Waals surface area contributed by atoms with E-state index in [1.807, 2.05) is 22.6 Å². The first-order valence-corrected chi connectivity index (χ1v) is 8.00. The van der Waals surface area contributed by atoms with Crippen LogP contribution in [0, 0.1) is 0 Å². The summed E-state index contributed by atoms with van der Waals surface area (Å²) in [6.07, 6.45) is 2.45. The summed E-state index contributed by atoms with van der Waals surface area (Å²) >= 11 is 3.48. The van der Waals surface area contributed by atoms with E-state index in [0.717, 1.165) is 15.9 Å². The molecule has 4 nitrogen and oxygen atoms in total. The summed E-state index contributed by atoms with van der Waals surface area (Å²) in [7, 11) is -2.87. The molecule has 0 saturated carbocycles. The predicted octanol–water partition coefficient (Wildman–Crippen LogP) is 2.00. The Labute approximate surface area is 108 Å². The number of halogens is 1. The molecule has 17 heavy (non-hydrogen) atoms. The summed E-state index contributed by atoms with van der Waals surface area (Å²) in [6.45, 7) is 0. The number of hydrogen-bond acceptors (Lipinski definition) is 3. The molecule has 1 aliphatic rings. The molecule has 0 radical (unpaired) electrons. The minimum Gasteiger partial charge on any atom is -0.290 e. The Morgan fingerprint density at radius 3 is 2.94 bits per heavy atom. The standard InChI is InChI=1S/C11H11BrN2O2S/c12-10-3-1-2-9-6-13-11(14(9)10)8-4-5-17(15,16)7-8/h1-3,6,8H,4-5,7H2.